The van der Waals surface area contributed by atoms with Crippen molar-refractivity contribution >= 4 is 17.9 Å². The van der Waals surface area contributed by atoms with Gasteiger partial charge in [0.25, 0.3) is 0 Å². The van der Waals surface area contributed by atoms with Crippen LogP contribution in [0.4, 0.5) is 4.79 Å². The monoisotopic (exact) mass is 409 g/mol. The molecule has 1 aliphatic carbocycles. The third-order valence-electron chi connectivity index (χ3n) is 5.03. The van der Waals surface area contributed by atoms with Gasteiger partial charge in [0.1, 0.15) is 18.7 Å². The zero-order valence-electron chi connectivity index (χ0n) is 16.8. The fourth-order valence-electron chi connectivity index (χ4n) is 3.17. The van der Waals surface area contributed by atoms with Crippen molar-refractivity contribution in [3.05, 3.63) is 71.8 Å². The maximum Gasteiger partial charge on any atom is 0.408 e. The van der Waals surface area contributed by atoms with Crippen LogP contribution >= 0.6 is 0 Å². The molecule has 1 saturated carbocycles. The van der Waals surface area contributed by atoms with E-state index in [0.717, 1.165) is 24.0 Å². The lowest BCUT2D eigenvalue weighted by molar-refractivity contribution is -0.128. The van der Waals surface area contributed by atoms with Gasteiger partial charge in [0.15, 0.2) is 0 Å². The third kappa shape index (κ3) is 6.92. The van der Waals surface area contributed by atoms with Gasteiger partial charge in [0.2, 0.25) is 11.8 Å². The van der Waals surface area contributed by atoms with E-state index < -0.39 is 30.0 Å². The number of rotatable bonds is 10. The van der Waals surface area contributed by atoms with Crippen LogP contribution in [-0.2, 0) is 27.4 Å². The molecular formula is C23H27N3O4. The Balaban J connectivity index is 1.63. The molecule has 0 heterocycles. The normalized spacial score (nSPS) is 14.9. The third-order valence-corrected chi connectivity index (χ3v) is 5.03. The Morgan fingerprint density at radius 3 is 2.07 bits per heavy atom. The molecule has 4 N–H and O–H groups in total. The molecule has 0 spiro atoms. The van der Waals surface area contributed by atoms with Crippen molar-refractivity contribution in [3.8, 4) is 0 Å². The van der Waals surface area contributed by atoms with Gasteiger partial charge in [-0.15, -0.1) is 0 Å². The molecule has 3 rings (SSSR count). The number of amides is 3. The number of ether oxygens (including phenoxy) is 1. The molecule has 2 atom stereocenters. The molecule has 0 unspecified atom stereocenters. The first-order valence-electron chi connectivity index (χ1n) is 10.1. The van der Waals surface area contributed by atoms with Gasteiger partial charge in [0, 0.05) is 6.42 Å². The van der Waals surface area contributed by atoms with Crippen molar-refractivity contribution < 1.29 is 19.1 Å². The molecule has 3 amide bonds. The molecule has 1 fully saturated rings. The van der Waals surface area contributed by atoms with Crippen LogP contribution in [0, 0.1) is 5.92 Å². The summed E-state index contributed by atoms with van der Waals surface area (Å²) in [5.74, 6) is -0.612. The van der Waals surface area contributed by atoms with Gasteiger partial charge in [-0.05, 0) is 23.5 Å². The largest absolute Gasteiger partial charge is 0.445 e. The summed E-state index contributed by atoms with van der Waals surface area (Å²) in [5, 5.41) is 5.33. The van der Waals surface area contributed by atoms with Gasteiger partial charge in [-0.1, -0.05) is 73.5 Å². The fourth-order valence-corrected chi connectivity index (χ4v) is 3.17. The van der Waals surface area contributed by atoms with Gasteiger partial charge < -0.3 is 21.1 Å². The number of carbonyl (C=O) groups excluding carboxylic acids is 3. The number of primary amides is 1. The van der Waals surface area contributed by atoms with E-state index in [1.54, 1.807) is 0 Å². The summed E-state index contributed by atoms with van der Waals surface area (Å²) in [6.07, 6.45) is 2.17. The highest BCUT2D eigenvalue weighted by atomic mass is 16.5. The van der Waals surface area contributed by atoms with E-state index in [1.807, 2.05) is 60.7 Å². The highest BCUT2D eigenvalue weighted by Gasteiger charge is 2.31. The highest BCUT2D eigenvalue weighted by molar-refractivity contribution is 5.90. The molecule has 2 aromatic rings. The summed E-state index contributed by atoms with van der Waals surface area (Å²) in [7, 11) is 0. The average Bonchev–Trinajstić information content (AvgIpc) is 3.57. The topological polar surface area (TPSA) is 111 Å². The second-order valence-corrected chi connectivity index (χ2v) is 7.59. The van der Waals surface area contributed by atoms with Crippen LogP contribution in [0.1, 0.15) is 30.4 Å². The van der Waals surface area contributed by atoms with Crippen molar-refractivity contribution in [2.45, 2.75) is 44.4 Å². The van der Waals surface area contributed by atoms with Crippen molar-refractivity contribution in [1.29, 1.82) is 0 Å². The van der Waals surface area contributed by atoms with Gasteiger partial charge >= 0.3 is 6.09 Å². The summed E-state index contributed by atoms with van der Waals surface area (Å²) in [4.78, 5) is 37.0. The average molecular weight is 409 g/mol. The molecule has 7 nitrogen and oxygen atoms in total. The quantitative estimate of drug-likeness (QED) is 0.559. The van der Waals surface area contributed by atoms with Gasteiger partial charge in [-0.3, -0.25) is 9.59 Å². The minimum absolute atomic E-state index is 0.0952. The minimum atomic E-state index is -0.892. The Bertz CT molecular complexity index is 853. The molecule has 158 valence electrons. The van der Waals surface area contributed by atoms with Crippen molar-refractivity contribution in [2.75, 3.05) is 0 Å². The lowest BCUT2D eigenvalue weighted by Crippen LogP contribution is -2.53. The molecule has 0 saturated heterocycles. The second-order valence-electron chi connectivity index (χ2n) is 7.59. The fraction of sp³-hybridized carbons (Fsp3) is 0.348. The Morgan fingerprint density at radius 1 is 0.900 bits per heavy atom. The van der Waals surface area contributed by atoms with Crippen LogP contribution in [-0.4, -0.2) is 30.0 Å². The first-order valence-corrected chi connectivity index (χ1v) is 10.1. The zero-order valence-corrected chi connectivity index (χ0v) is 16.8. The Labute approximate surface area is 176 Å². The summed E-state index contributed by atoms with van der Waals surface area (Å²) >= 11 is 0. The maximum absolute atomic E-state index is 12.9. The van der Waals surface area contributed by atoms with E-state index in [0.29, 0.717) is 12.3 Å². The number of benzene rings is 2. The van der Waals surface area contributed by atoms with Crippen LogP contribution in [0.2, 0.25) is 0 Å². The van der Waals surface area contributed by atoms with Crippen molar-refractivity contribution in [2.24, 2.45) is 11.7 Å². The first-order chi connectivity index (χ1) is 14.5. The Morgan fingerprint density at radius 2 is 1.50 bits per heavy atom. The maximum atomic E-state index is 12.9. The Kier molecular flexibility index (Phi) is 7.43. The van der Waals surface area contributed by atoms with Gasteiger partial charge in [-0.2, -0.15) is 0 Å². The van der Waals surface area contributed by atoms with Crippen molar-refractivity contribution in [3.63, 3.8) is 0 Å². The zero-order chi connectivity index (χ0) is 21.3. The molecule has 0 aliphatic heterocycles. The number of nitrogens with one attached hydrogen (secondary N) is 2. The molecule has 0 bridgehead atoms. The van der Waals surface area contributed by atoms with E-state index in [-0.39, 0.29) is 13.0 Å². The number of alkyl carbamates (subject to hydrolysis) is 1. The first kappa shape index (κ1) is 21.4. The van der Waals surface area contributed by atoms with Crippen LogP contribution in [0.3, 0.4) is 0 Å². The van der Waals surface area contributed by atoms with E-state index in [9.17, 15) is 14.4 Å². The summed E-state index contributed by atoms with van der Waals surface area (Å²) in [6, 6.07) is 17.0. The lowest BCUT2D eigenvalue weighted by Gasteiger charge is -2.22. The van der Waals surface area contributed by atoms with E-state index in [4.69, 9.17) is 10.5 Å². The number of carbonyl (C=O) groups is 3. The van der Waals surface area contributed by atoms with Gasteiger partial charge in [-0.25, -0.2) is 4.79 Å². The number of hydrogen-bond acceptors (Lipinski definition) is 4. The van der Waals surface area contributed by atoms with E-state index >= 15 is 0 Å². The highest BCUT2D eigenvalue weighted by Crippen LogP contribution is 2.33. The van der Waals surface area contributed by atoms with Crippen LogP contribution < -0.4 is 16.4 Å². The Hall–Kier alpha value is -3.35. The molecule has 7 heteroatoms. The number of hydrogen-bond donors (Lipinski definition) is 3. The predicted molar refractivity (Wildman–Crippen MR) is 112 cm³/mol. The number of nitrogens with two attached hydrogens (primary N) is 1. The standard InChI is InChI=1S/C23H27N3O4/c24-21(27)19(13-17-11-12-17)25-22(28)20(14-16-7-3-1-4-8-16)26-23(29)30-15-18-9-5-2-6-10-18/h1-10,17,19-20H,11-15H2,(H2,24,27)(H,25,28)(H,26,29)/t19-,20-/m1/s1. The predicted octanol–water partition coefficient (Wildman–Crippen LogP) is 2.29. The summed E-state index contributed by atoms with van der Waals surface area (Å²) < 4.78 is 5.25. The minimum Gasteiger partial charge on any atom is -0.445 e. The van der Waals surface area contributed by atoms with Crippen LogP contribution in [0.5, 0.6) is 0 Å². The van der Waals surface area contributed by atoms with E-state index in [2.05, 4.69) is 10.6 Å². The summed E-state index contributed by atoms with van der Waals surface area (Å²) in [5.41, 5.74) is 7.18. The van der Waals surface area contributed by atoms with Crippen LogP contribution in [0.25, 0.3) is 0 Å². The smallest absolute Gasteiger partial charge is 0.408 e. The van der Waals surface area contributed by atoms with Gasteiger partial charge in [0.05, 0.1) is 0 Å². The van der Waals surface area contributed by atoms with E-state index in [1.165, 1.54) is 0 Å². The summed E-state index contributed by atoms with van der Waals surface area (Å²) in [6.45, 7) is 0.0952. The SMILES string of the molecule is NC(=O)[C@@H](CC1CC1)NC(=O)[C@@H](Cc1ccccc1)NC(=O)OCc1ccccc1. The molecular weight excluding hydrogens is 382 g/mol. The molecule has 1 aliphatic rings. The molecule has 0 radical (unpaired) electrons. The molecule has 2 aromatic carbocycles. The molecule has 0 aromatic heterocycles. The lowest BCUT2D eigenvalue weighted by atomic mass is 10.0. The molecule has 30 heavy (non-hydrogen) atoms. The van der Waals surface area contributed by atoms with Crippen molar-refractivity contribution in [1.82, 2.24) is 10.6 Å². The van der Waals surface area contributed by atoms with Crippen LogP contribution in [0.15, 0.2) is 60.7 Å². The second kappa shape index (κ2) is 10.4.